The fourth-order valence-electron chi connectivity index (χ4n) is 4.37. The van der Waals surface area contributed by atoms with E-state index in [1.54, 1.807) is 32.1 Å². The van der Waals surface area contributed by atoms with Crippen LogP contribution in [0, 0.1) is 5.82 Å². The first-order valence-electron chi connectivity index (χ1n) is 12.4. The molecule has 4 aromatic rings. The van der Waals surface area contributed by atoms with E-state index in [-0.39, 0.29) is 17.7 Å². The number of esters is 1. The SMILES string of the molecule is CCOC(=O)C1=C(C)N=c2s/c(=C\c3ccc(OCc4ccc(Br)cc4)c(Br)c3)c(=O)n2[C@@H]1c1ccc(F)cc1. The summed E-state index contributed by atoms with van der Waals surface area (Å²) < 4.78 is 28.7. The Labute approximate surface area is 250 Å². The van der Waals surface area contributed by atoms with Crippen molar-refractivity contribution < 1.29 is 18.7 Å². The summed E-state index contributed by atoms with van der Waals surface area (Å²) in [6.45, 7) is 4.01. The lowest BCUT2D eigenvalue weighted by molar-refractivity contribution is -0.139. The second-order valence-electron chi connectivity index (χ2n) is 8.96. The van der Waals surface area contributed by atoms with Gasteiger partial charge in [-0.05, 0) is 88.9 Å². The molecular formula is C30H23Br2FN2O4S. The third-order valence-corrected chi connectivity index (χ3v) is 8.40. The van der Waals surface area contributed by atoms with Gasteiger partial charge in [0, 0.05) is 4.47 Å². The molecule has 1 aromatic heterocycles. The average Bonchev–Trinajstić information content (AvgIpc) is 3.23. The first-order valence-corrected chi connectivity index (χ1v) is 14.8. The molecule has 0 fully saturated rings. The van der Waals surface area contributed by atoms with Crippen LogP contribution in [0.4, 0.5) is 4.39 Å². The van der Waals surface area contributed by atoms with Gasteiger partial charge in [0.05, 0.1) is 32.9 Å². The number of thiazole rings is 1. The quantitative estimate of drug-likeness (QED) is 0.223. The van der Waals surface area contributed by atoms with E-state index < -0.39 is 17.8 Å². The Morgan fingerprint density at radius 3 is 2.50 bits per heavy atom. The molecule has 204 valence electrons. The highest BCUT2D eigenvalue weighted by Gasteiger charge is 2.33. The number of ether oxygens (including phenoxy) is 2. The lowest BCUT2D eigenvalue weighted by Gasteiger charge is -2.24. The third-order valence-electron chi connectivity index (χ3n) is 6.26. The lowest BCUT2D eigenvalue weighted by atomic mass is 9.96. The van der Waals surface area contributed by atoms with Gasteiger partial charge in [0.25, 0.3) is 5.56 Å². The molecule has 0 N–H and O–H groups in total. The Morgan fingerprint density at radius 1 is 1.10 bits per heavy atom. The molecule has 0 radical (unpaired) electrons. The number of benzene rings is 3. The zero-order valence-corrected chi connectivity index (χ0v) is 25.5. The molecule has 5 rings (SSSR count). The molecule has 1 aliphatic heterocycles. The molecule has 10 heteroatoms. The zero-order valence-electron chi connectivity index (χ0n) is 21.5. The van der Waals surface area contributed by atoms with Crippen LogP contribution < -0.4 is 19.6 Å². The number of carbonyl (C=O) groups excluding carboxylic acids is 1. The Balaban J connectivity index is 1.51. The Morgan fingerprint density at radius 2 is 1.82 bits per heavy atom. The second kappa shape index (κ2) is 12.0. The van der Waals surface area contributed by atoms with E-state index in [9.17, 15) is 14.0 Å². The Kier molecular flexibility index (Phi) is 8.48. The normalized spacial score (nSPS) is 15.0. The largest absolute Gasteiger partial charge is 0.488 e. The number of allylic oxidation sites excluding steroid dienone is 1. The summed E-state index contributed by atoms with van der Waals surface area (Å²) in [5.41, 5.74) is 2.81. The van der Waals surface area contributed by atoms with Gasteiger partial charge >= 0.3 is 5.97 Å². The summed E-state index contributed by atoms with van der Waals surface area (Å²) in [7, 11) is 0. The van der Waals surface area contributed by atoms with Gasteiger partial charge in [-0.1, -0.05) is 57.6 Å². The van der Waals surface area contributed by atoms with E-state index in [4.69, 9.17) is 9.47 Å². The van der Waals surface area contributed by atoms with Crippen molar-refractivity contribution in [1.82, 2.24) is 4.57 Å². The summed E-state index contributed by atoms with van der Waals surface area (Å²) in [4.78, 5) is 31.7. The van der Waals surface area contributed by atoms with Gasteiger partial charge in [-0.3, -0.25) is 9.36 Å². The molecular weight excluding hydrogens is 663 g/mol. The zero-order chi connectivity index (χ0) is 28.4. The van der Waals surface area contributed by atoms with Crippen LogP contribution in [0.2, 0.25) is 0 Å². The van der Waals surface area contributed by atoms with E-state index in [1.165, 1.54) is 28.0 Å². The molecule has 0 amide bonds. The minimum atomic E-state index is -0.792. The Bertz CT molecular complexity index is 1800. The van der Waals surface area contributed by atoms with Crippen LogP contribution in [0.5, 0.6) is 5.75 Å². The minimum Gasteiger partial charge on any atom is -0.488 e. The first kappa shape index (κ1) is 28.2. The summed E-state index contributed by atoms with van der Waals surface area (Å²) in [6, 6.07) is 18.4. The molecule has 1 aliphatic rings. The molecule has 3 aromatic carbocycles. The number of aromatic nitrogens is 1. The molecule has 0 unspecified atom stereocenters. The van der Waals surface area contributed by atoms with Gasteiger partial charge in [0.1, 0.15) is 18.2 Å². The van der Waals surface area contributed by atoms with E-state index in [1.807, 2.05) is 42.5 Å². The summed E-state index contributed by atoms with van der Waals surface area (Å²) in [6.07, 6.45) is 1.78. The number of hydrogen-bond acceptors (Lipinski definition) is 6. The summed E-state index contributed by atoms with van der Waals surface area (Å²) in [5, 5.41) is 0. The number of rotatable bonds is 7. The first-order chi connectivity index (χ1) is 19.2. The van der Waals surface area contributed by atoms with Gasteiger partial charge in [0.15, 0.2) is 4.80 Å². The van der Waals surface area contributed by atoms with E-state index >= 15 is 0 Å². The number of hydrogen-bond donors (Lipinski definition) is 0. The predicted molar refractivity (Wildman–Crippen MR) is 159 cm³/mol. The van der Waals surface area contributed by atoms with E-state index in [0.29, 0.717) is 33.0 Å². The number of nitrogens with zero attached hydrogens (tertiary/aromatic N) is 2. The highest BCUT2D eigenvalue weighted by atomic mass is 79.9. The topological polar surface area (TPSA) is 69.9 Å². The fourth-order valence-corrected chi connectivity index (χ4v) is 6.19. The standard InChI is InChI=1S/C30H23Br2FN2O4S/c1-3-38-29(37)26-17(2)34-30-35(27(26)20-7-11-22(33)12-8-20)28(36)25(40-30)15-19-6-13-24(23(32)14-19)39-16-18-4-9-21(31)10-5-18/h4-15,27H,3,16H2,1-2H3/b25-15-/t27-/m1/s1. The average molecular weight is 686 g/mol. The van der Waals surface area contributed by atoms with Crippen molar-refractivity contribution in [3.05, 3.63) is 129 Å². The van der Waals surface area contributed by atoms with Crippen LogP contribution in [0.25, 0.3) is 6.08 Å². The van der Waals surface area contributed by atoms with Crippen molar-refractivity contribution in [3.63, 3.8) is 0 Å². The van der Waals surface area contributed by atoms with Crippen LogP contribution in [0.15, 0.2) is 96.7 Å². The molecule has 40 heavy (non-hydrogen) atoms. The summed E-state index contributed by atoms with van der Waals surface area (Å²) in [5.74, 6) is -0.299. The van der Waals surface area contributed by atoms with Crippen molar-refractivity contribution >= 4 is 55.2 Å². The van der Waals surface area contributed by atoms with Crippen LogP contribution in [-0.4, -0.2) is 17.1 Å². The molecule has 0 spiro atoms. The number of fused-ring (bicyclic) bond motifs is 1. The fraction of sp³-hybridized carbons (Fsp3) is 0.167. The maximum atomic E-state index is 13.7. The smallest absolute Gasteiger partial charge is 0.338 e. The van der Waals surface area contributed by atoms with Crippen LogP contribution in [0.3, 0.4) is 0 Å². The maximum absolute atomic E-state index is 13.7. The Hall–Kier alpha value is -3.34. The summed E-state index contributed by atoms with van der Waals surface area (Å²) >= 11 is 8.23. The number of carbonyl (C=O) groups is 1. The van der Waals surface area contributed by atoms with E-state index in [2.05, 4.69) is 36.9 Å². The van der Waals surface area contributed by atoms with Crippen LogP contribution in [0.1, 0.15) is 36.6 Å². The van der Waals surface area contributed by atoms with Crippen molar-refractivity contribution in [1.29, 1.82) is 0 Å². The number of halogens is 3. The van der Waals surface area contributed by atoms with Gasteiger partial charge in [-0.2, -0.15) is 0 Å². The molecule has 0 aliphatic carbocycles. The maximum Gasteiger partial charge on any atom is 0.338 e. The molecule has 0 bridgehead atoms. The van der Waals surface area contributed by atoms with Crippen molar-refractivity contribution in [2.24, 2.45) is 4.99 Å². The van der Waals surface area contributed by atoms with Crippen LogP contribution in [-0.2, 0) is 16.1 Å². The van der Waals surface area contributed by atoms with Crippen molar-refractivity contribution in [3.8, 4) is 5.75 Å². The molecule has 1 atom stereocenters. The van der Waals surface area contributed by atoms with E-state index in [0.717, 1.165) is 20.1 Å². The second-order valence-corrected chi connectivity index (χ2v) is 11.7. The predicted octanol–water partition coefficient (Wildman–Crippen LogP) is 6.04. The molecule has 6 nitrogen and oxygen atoms in total. The van der Waals surface area contributed by atoms with Gasteiger partial charge < -0.3 is 9.47 Å². The van der Waals surface area contributed by atoms with Crippen molar-refractivity contribution in [2.75, 3.05) is 6.61 Å². The van der Waals surface area contributed by atoms with Gasteiger partial charge in [-0.15, -0.1) is 0 Å². The molecule has 0 saturated heterocycles. The minimum absolute atomic E-state index is 0.174. The molecule has 0 saturated carbocycles. The monoisotopic (exact) mass is 684 g/mol. The highest BCUT2D eigenvalue weighted by Crippen LogP contribution is 2.31. The molecule has 2 heterocycles. The van der Waals surface area contributed by atoms with Crippen LogP contribution >= 0.6 is 43.2 Å². The third kappa shape index (κ3) is 5.89. The van der Waals surface area contributed by atoms with Crippen molar-refractivity contribution in [2.45, 2.75) is 26.5 Å². The van der Waals surface area contributed by atoms with Gasteiger partial charge in [0.2, 0.25) is 0 Å². The van der Waals surface area contributed by atoms with Gasteiger partial charge in [-0.25, -0.2) is 14.2 Å². The highest BCUT2D eigenvalue weighted by molar-refractivity contribution is 9.10. The lowest BCUT2D eigenvalue weighted by Crippen LogP contribution is -2.39.